The Balaban J connectivity index is 2.38. The van der Waals surface area contributed by atoms with Gasteiger partial charge in [0.2, 0.25) is 0 Å². The van der Waals surface area contributed by atoms with Crippen molar-refractivity contribution in [3.63, 3.8) is 0 Å². The highest BCUT2D eigenvalue weighted by Crippen LogP contribution is 2.09. The fourth-order valence-electron chi connectivity index (χ4n) is 1.87. The quantitative estimate of drug-likeness (QED) is 0.636. The van der Waals surface area contributed by atoms with Crippen LogP contribution in [0.1, 0.15) is 17.6 Å². The van der Waals surface area contributed by atoms with Crippen LogP contribution in [0.3, 0.4) is 0 Å². The molecule has 0 aromatic carbocycles. The average molecular weight is 287 g/mol. The molecule has 0 saturated carbocycles. The number of rotatable bonds is 4. The van der Waals surface area contributed by atoms with Crippen molar-refractivity contribution in [2.75, 3.05) is 7.05 Å². The van der Waals surface area contributed by atoms with E-state index in [0.717, 1.165) is 15.6 Å². The first-order valence-corrected chi connectivity index (χ1v) is 7.06. The summed E-state index contributed by atoms with van der Waals surface area (Å²) in [7, 11) is 1.75. The molecule has 0 bridgehead atoms. The molecule has 0 aliphatic carbocycles. The number of hydrogen-bond donors (Lipinski definition) is 2. The molecule has 0 radical (unpaired) electrons. The van der Waals surface area contributed by atoms with Crippen molar-refractivity contribution in [2.24, 2.45) is 10.7 Å². The summed E-state index contributed by atoms with van der Waals surface area (Å²) in [4.78, 5) is 8.35. The smallest absolute Gasteiger partial charge is 0.142 e. The van der Waals surface area contributed by atoms with E-state index in [2.05, 4.69) is 26.7 Å². The minimum Gasteiger partial charge on any atom is -0.382 e. The van der Waals surface area contributed by atoms with Gasteiger partial charge in [-0.3, -0.25) is 10.4 Å². The van der Waals surface area contributed by atoms with Crippen molar-refractivity contribution in [3.05, 3.63) is 38.9 Å². The zero-order chi connectivity index (χ0) is 14.5. The first-order valence-electron chi connectivity index (χ1n) is 6.18. The predicted molar refractivity (Wildman–Crippen MR) is 84.9 cm³/mol. The maximum atomic E-state index is 7.38. The lowest BCUT2D eigenvalue weighted by atomic mass is 10.4. The predicted octanol–water partition coefficient (Wildman–Crippen LogP) is 0.558. The maximum Gasteiger partial charge on any atom is 0.142 e. The number of nitrogens with two attached hydrogens (primary N) is 1. The number of aliphatic imine (C=N–C) groups is 1. The van der Waals surface area contributed by atoms with Crippen molar-refractivity contribution in [2.45, 2.75) is 13.5 Å². The van der Waals surface area contributed by atoms with Crippen molar-refractivity contribution >= 4 is 35.5 Å². The summed E-state index contributed by atoms with van der Waals surface area (Å²) in [6, 6.07) is 2.06. The van der Waals surface area contributed by atoms with E-state index in [0.29, 0.717) is 12.2 Å². The lowest BCUT2D eigenvalue weighted by molar-refractivity contribution is 0.772. The van der Waals surface area contributed by atoms with Gasteiger partial charge in [-0.1, -0.05) is 6.08 Å². The molecule has 0 spiro atoms. The Hall–Kier alpha value is -2.21. The topological polar surface area (TPSA) is 80.0 Å². The number of thiazole rings is 1. The molecule has 6 heteroatoms. The fourth-order valence-corrected chi connectivity index (χ4v) is 2.67. The Bertz CT molecular complexity index is 751. The molecule has 0 amide bonds. The third-order valence-electron chi connectivity index (χ3n) is 2.87. The van der Waals surface area contributed by atoms with Gasteiger partial charge < -0.3 is 10.3 Å². The lowest BCUT2D eigenvalue weighted by Gasteiger charge is -2.00. The van der Waals surface area contributed by atoms with Gasteiger partial charge in [0.1, 0.15) is 16.5 Å². The van der Waals surface area contributed by atoms with E-state index in [1.165, 1.54) is 11.3 Å². The summed E-state index contributed by atoms with van der Waals surface area (Å²) in [5.74, 6) is 0.00693. The van der Waals surface area contributed by atoms with Crippen molar-refractivity contribution < 1.29 is 0 Å². The van der Waals surface area contributed by atoms with Crippen molar-refractivity contribution in [1.82, 2.24) is 9.55 Å². The lowest BCUT2D eigenvalue weighted by Crippen LogP contribution is -2.29. The summed E-state index contributed by atoms with van der Waals surface area (Å²) in [6.07, 6.45) is 7.85. The summed E-state index contributed by atoms with van der Waals surface area (Å²) in [6.45, 7) is 2.67. The zero-order valence-corrected chi connectivity index (χ0v) is 12.3. The highest BCUT2D eigenvalue weighted by Gasteiger charge is 2.05. The van der Waals surface area contributed by atoms with Crippen LogP contribution in [0.15, 0.2) is 22.6 Å². The van der Waals surface area contributed by atoms with Crippen LogP contribution < -0.4 is 16.3 Å². The maximum absolute atomic E-state index is 7.38. The van der Waals surface area contributed by atoms with Crippen LogP contribution in [-0.2, 0) is 6.54 Å². The van der Waals surface area contributed by atoms with E-state index < -0.39 is 0 Å². The molecule has 0 fully saturated rings. The molecule has 2 aromatic heterocycles. The Labute approximate surface area is 121 Å². The first kappa shape index (κ1) is 14.2. The van der Waals surface area contributed by atoms with Crippen molar-refractivity contribution in [1.29, 1.82) is 5.41 Å². The molecule has 104 valence electrons. The molecule has 2 aromatic rings. The van der Waals surface area contributed by atoms with E-state index in [9.17, 15) is 0 Å². The van der Waals surface area contributed by atoms with Gasteiger partial charge in [-0.2, -0.15) is 0 Å². The van der Waals surface area contributed by atoms with Crippen LogP contribution in [0.25, 0.3) is 12.2 Å². The van der Waals surface area contributed by atoms with Crippen LogP contribution in [0, 0.1) is 5.41 Å². The number of hydrogen-bond acceptors (Lipinski definition) is 4. The number of nitrogens with zero attached hydrogens (tertiary/aromatic N) is 3. The molecular formula is C14H17N5S. The second kappa shape index (κ2) is 6.29. The largest absolute Gasteiger partial charge is 0.382 e. The number of nitrogen functional groups attached to an aromatic ring is 1. The SMILES string of the molecule is C/C=c1/ccn(Cc2nc(C(=N)N)cs2)/c1=C/C=NC. The number of nitrogens with one attached hydrogen (secondary N) is 1. The van der Waals surface area contributed by atoms with Gasteiger partial charge in [-0.15, -0.1) is 11.3 Å². The molecule has 0 atom stereocenters. The van der Waals surface area contributed by atoms with Gasteiger partial charge in [-0.25, -0.2) is 4.98 Å². The van der Waals surface area contributed by atoms with Gasteiger partial charge >= 0.3 is 0 Å². The Morgan fingerprint density at radius 1 is 1.60 bits per heavy atom. The summed E-state index contributed by atoms with van der Waals surface area (Å²) in [5.41, 5.74) is 5.98. The minimum absolute atomic E-state index is 0.00693. The third kappa shape index (κ3) is 3.03. The summed E-state index contributed by atoms with van der Waals surface area (Å²) >= 11 is 1.51. The highest BCUT2D eigenvalue weighted by molar-refractivity contribution is 7.09. The standard InChI is InChI=1S/C14H17N5S/c1-3-10-5-7-19(12(10)4-6-17-2)8-13-18-11(9-20-13)14(15)16/h3-7,9H,8H2,1-2H3,(H3,15,16)/b10-3-,12-4+,17-6?. The molecule has 0 aliphatic rings. The Morgan fingerprint density at radius 2 is 2.40 bits per heavy atom. The Morgan fingerprint density at radius 3 is 3.00 bits per heavy atom. The van der Waals surface area contributed by atoms with Crippen LogP contribution >= 0.6 is 11.3 Å². The highest BCUT2D eigenvalue weighted by atomic mass is 32.1. The van der Waals surface area contributed by atoms with E-state index in [1.807, 2.05) is 24.6 Å². The number of aromatic nitrogens is 2. The Kier molecular flexibility index (Phi) is 4.47. The van der Waals surface area contributed by atoms with Crippen LogP contribution in [0.4, 0.5) is 0 Å². The summed E-state index contributed by atoms with van der Waals surface area (Å²) < 4.78 is 2.11. The average Bonchev–Trinajstić information content (AvgIpc) is 3.04. The van der Waals surface area contributed by atoms with Gasteiger partial charge in [0.05, 0.1) is 6.54 Å². The number of amidine groups is 1. The molecule has 0 saturated heterocycles. The molecule has 20 heavy (non-hydrogen) atoms. The third-order valence-corrected chi connectivity index (χ3v) is 3.70. The molecule has 5 nitrogen and oxygen atoms in total. The van der Waals surface area contributed by atoms with Gasteiger partial charge in [-0.05, 0) is 24.3 Å². The van der Waals surface area contributed by atoms with Gasteiger partial charge in [0, 0.05) is 30.2 Å². The van der Waals surface area contributed by atoms with E-state index in [1.54, 1.807) is 13.3 Å². The van der Waals surface area contributed by atoms with E-state index in [4.69, 9.17) is 11.1 Å². The van der Waals surface area contributed by atoms with E-state index >= 15 is 0 Å². The minimum atomic E-state index is 0.00693. The molecule has 2 heterocycles. The zero-order valence-electron chi connectivity index (χ0n) is 11.5. The normalized spacial score (nSPS) is 13.5. The monoisotopic (exact) mass is 287 g/mol. The second-order valence-electron chi connectivity index (χ2n) is 4.19. The first-order chi connectivity index (χ1) is 9.65. The molecule has 3 N–H and O–H groups in total. The van der Waals surface area contributed by atoms with Gasteiger partial charge in [0.15, 0.2) is 0 Å². The van der Waals surface area contributed by atoms with Crippen LogP contribution in [0.2, 0.25) is 0 Å². The molecule has 2 rings (SSSR count). The fraction of sp³-hybridized carbons (Fsp3) is 0.214. The van der Waals surface area contributed by atoms with Crippen molar-refractivity contribution in [3.8, 4) is 0 Å². The molecule has 0 aliphatic heterocycles. The summed E-state index contributed by atoms with van der Waals surface area (Å²) in [5, 5.41) is 12.4. The van der Waals surface area contributed by atoms with E-state index in [-0.39, 0.29) is 5.84 Å². The molecule has 0 unspecified atom stereocenters. The molecular weight excluding hydrogens is 270 g/mol. The van der Waals surface area contributed by atoms with Gasteiger partial charge in [0.25, 0.3) is 0 Å². The van der Waals surface area contributed by atoms with Crippen LogP contribution in [0.5, 0.6) is 0 Å². The second-order valence-corrected chi connectivity index (χ2v) is 5.13. The van der Waals surface area contributed by atoms with Crippen LogP contribution in [-0.4, -0.2) is 28.6 Å².